The lowest BCUT2D eigenvalue weighted by atomic mass is 10.0. The van der Waals surface area contributed by atoms with E-state index >= 15 is 0 Å². The summed E-state index contributed by atoms with van der Waals surface area (Å²) in [5, 5.41) is 11.0. The van der Waals surface area contributed by atoms with E-state index in [1.165, 1.54) is 6.92 Å². The fraction of sp³-hybridized carbons (Fsp3) is 0.800. The highest BCUT2D eigenvalue weighted by molar-refractivity contribution is 5.83. The molecule has 0 aliphatic carbocycles. The lowest BCUT2D eigenvalue weighted by Gasteiger charge is -2.10. The summed E-state index contributed by atoms with van der Waals surface area (Å²) in [6.07, 6.45) is 2.16. The van der Waals surface area contributed by atoms with Gasteiger partial charge < -0.3 is 15.2 Å². The second-order valence-electron chi connectivity index (χ2n) is 3.90. The van der Waals surface area contributed by atoms with E-state index in [4.69, 9.17) is 9.84 Å². The molecule has 0 spiro atoms. The first-order chi connectivity index (χ1) is 7.09. The fourth-order valence-corrected chi connectivity index (χ4v) is 1.52. The van der Waals surface area contributed by atoms with Crippen molar-refractivity contribution in [2.24, 2.45) is 5.92 Å². The molecule has 0 aromatic carbocycles. The fourth-order valence-electron chi connectivity index (χ4n) is 1.52. The van der Waals surface area contributed by atoms with Crippen LogP contribution in [0.15, 0.2) is 0 Å². The molecule has 15 heavy (non-hydrogen) atoms. The molecule has 1 aliphatic heterocycles. The Hall–Kier alpha value is -1.10. The van der Waals surface area contributed by atoms with Crippen molar-refractivity contribution in [2.45, 2.75) is 32.2 Å². The van der Waals surface area contributed by atoms with Crippen LogP contribution in [-0.2, 0) is 14.3 Å². The van der Waals surface area contributed by atoms with E-state index in [1.54, 1.807) is 0 Å². The number of rotatable bonds is 5. The predicted octanol–water partition coefficient (Wildman–Crippen LogP) is 0.392. The number of aliphatic carboxylic acids is 1. The quantitative estimate of drug-likeness (QED) is 0.695. The normalized spacial score (nSPS) is 22.3. The SMILES string of the molecule is C[C@H](NC(=O)CCC1CCOC1)C(=O)O. The molecule has 0 radical (unpaired) electrons. The van der Waals surface area contributed by atoms with Crippen LogP contribution in [0.1, 0.15) is 26.2 Å². The molecule has 5 nitrogen and oxygen atoms in total. The second kappa shape index (κ2) is 5.70. The number of carbonyl (C=O) groups excluding carboxylic acids is 1. The summed E-state index contributed by atoms with van der Waals surface area (Å²) in [5.74, 6) is -0.750. The van der Waals surface area contributed by atoms with Gasteiger partial charge in [0.1, 0.15) is 6.04 Å². The number of amides is 1. The largest absolute Gasteiger partial charge is 0.480 e. The molecule has 1 heterocycles. The highest BCUT2D eigenvalue weighted by atomic mass is 16.5. The van der Waals surface area contributed by atoms with Gasteiger partial charge in [-0.15, -0.1) is 0 Å². The van der Waals surface area contributed by atoms with Crippen LogP contribution in [0.3, 0.4) is 0 Å². The molecule has 1 unspecified atom stereocenters. The molecule has 0 aromatic heterocycles. The molecule has 86 valence electrons. The Labute approximate surface area is 88.8 Å². The number of hydrogen-bond donors (Lipinski definition) is 2. The van der Waals surface area contributed by atoms with Crippen molar-refractivity contribution >= 4 is 11.9 Å². The van der Waals surface area contributed by atoms with Crippen molar-refractivity contribution in [3.63, 3.8) is 0 Å². The summed E-state index contributed by atoms with van der Waals surface area (Å²) >= 11 is 0. The van der Waals surface area contributed by atoms with E-state index in [1.807, 2.05) is 0 Å². The van der Waals surface area contributed by atoms with Gasteiger partial charge >= 0.3 is 5.97 Å². The lowest BCUT2D eigenvalue weighted by Crippen LogP contribution is -2.38. The van der Waals surface area contributed by atoms with Crippen molar-refractivity contribution in [3.05, 3.63) is 0 Å². The summed E-state index contributed by atoms with van der Waals surface area (Å²) in [6.45, 7) is 2.96. The minimum absolute atomic E-state index is 0.197. The van der Waals surface area contributed by atoms with Crippen molar-refractivity contribution in [3.8, 4) is 0 Å². The summed E-state index contributed by atoms with van der Waals surface area (Å²) in [6, 6.07) is -0.808. The third-order valence-corrected chi connectivity index (χ3v) is 2.55. The maximum absolute atomic E-state index is 11.3. The lowest BCUT2D eigenvalue weighted by molar-refractivity contribution is -0.141. The van der Waals surface area contributed by atoms with E-state index < -0.39 is 12.0 Å². The van der Waals surface area contributed by atoms with Crippen LogP contribution in [0.2, 0.25) is 0 Å². The molecule has 1 rings (SSSR count). The molecule has 1 amide bonds. The van der Waals surface area contributed by atoms with Crippen LogP contribution in [-0.4, -0.2) is 36.2 Å². The van der Waals surface area contributed by atoms with Crippen LogP contribution >= 0.6 is 0 Å². The predicted molar refractivity (Wildman–Crippen MR) is 53.4 cm³/mol. The molecule has 1 aliphatic rings. The number of carboxylic acid groups (broad SMARTS) is 1. The van der Waals surface area contributed by atoms with E-state index in [9.17, 15) is 9.59 Å². The van der Waals surface area contributed by atoms with Gasteiger partial charge in [0.25, 0.3) is 0 Å². The molecule has 5 heteroatoms. The maximum Gasteiger partial charge on any atom is 0.325 e. The smallest absolute Gasteiger partial charge is 0.325 e. The van der Waals surface area contributed by atoms with Crippen molar-refractivity contribution in [1.82, 2.24) is 5.32 Å². The van der Waals surface area contributed by atoms with Gasteiger partial charge in [0, 0.05) is 19.6 Å². The van der Waals surface area contributed by atoms with Crippen LogP contribution in [0, 0.1) is 5.92 Å². The van der Waals surface area contributed by atoms with E-state index in [2.05, 4.69) is 5.32 Å². The molecular formula is C10H17NO4. The standard InChI is InChI=1S/C10H17NO4/c1-7(10(13)14)11-9(12)3-2-8-4-5-15-6-8/h7-8H,2-6H2,1H3,(H,11,12)(H,13,14)/t7-,8?/m0/s1. The number of ether oxygens (including phenoxy) is 1. The van der Waals surface area contributed by atoms with Gasteiger partial charge in [0.2, 0.25) is 5.91 Å². The van der Waals surface area contributed by atoms with Gasteiger partial charge in [-0.1, -0.05) is 0 Å². The van der Waals surface area contributed by atoms with E-state index in [0.29, 0.717) is 12.3 Å². The highest BCUT2D eigenvalue weighted by Crippen LogP contribution is 2.17. The van der Waals surface area contributed by atoms with Gasteiger partial charge in [-0.05, 0) is 25.7 Å². The van der Waals surface area contributed by atoms with Crippen LogP contribution in [0.25, 0.3) is 0 Å². The number of carboxylic acids is 1. The average Bonchev–Trinajstić information content (AvgIpc) is 2.66. The Bertz CT molecular complexity index is 236. The first kappa shape index (κ1) is 12.0. The van der Waals surface area contributed by atoms with Crippen molar-refractivity contribution < 1.29 is 19.4 Å². The zero-order chi connectivity index (χ0) is 11.3. The maximum atomic E-state index is 11.3. The molecule has 0 aromatic rings. The summed E-state index contributed by atoms with van der Waals surface area (Å²) < 4.78 is 5.18. The van der Waals surface area contributed by atoms with Gasteiger partial charge in [0.15, 0.2) is 0 Å². The highest BCUT2D eigenvalue weighted by Gasteiger charge is 2.18. The van der Waals surface area contributed by atoms with Gasteiger partial charge in [0.05, 0.1) is 0 Å². The number of hydrogen-bond acceptors (Lipinski definition) is 3. The van der Waals surface area contributed by atoms with Gasteiger partial charge in [-0.25, -0.2) is 0 Å². The van der Waals surface area contributed by atoms with Gasteiger partial charge in [-0.3, -0.25) is 9.59 Å². The molecule has 0 saturated carbocycles. The second-order valence-corrected chi connectivity index (χ2v) is 3.90. The third-order valence-electron chi connectivity index (χ3n) is 2.55. The Morgan fingerprint density at radius 2 is 2.33 bits per heavy atom. The molecule has 0 bridgehead atoms. The molecular weight excluding hydrogens is 198 g/mol. The molecule has 1 saturated heterocycles. The van der Waals surface area contributed by atoms with Crippen molar-refractivity contribution in [2.75, 3.05) is 13.2 Å². The minimum atomic E-state index is -1.01. The zero-order valence-electron chi connectivity index (χ0n) is 8.86. The monoisotopic (exact) mass is 215 g/mol. The Kier molecular flexibility index (Phi) is 4.55. The Balaban J connectivity index is 2.15. The van der Waals surface area contributed by atoms with E-state index in [0.717, 1.165) is 26.1 Å². The van der Waals surface area contributed by atoms with Crippen LogP contribution in [0.4, 0.5) is 0 Å². The first-order valence-electron chi connectivity index (χ1n) is 5.19. The van der Waals surface area contributed by atoms with Gasteiger partial charge in [-0.2, -0.15) is 0 Å². The van der Waals surface area contributed by atoms with Crippen LogP contribution in [0.5, 0.6) is 0 Å². The summed E-state index contributed by atoms with van der Waals surface area (Å²) in [7, 11) is 0. The van der Waals surface area contributed by atoms with E-state index in [-0.39, 0.29) is 5.91 Å². The molecule has 2 N–H and O–H groups in total. The number of carbonyl (C=O) groups is 2. The average molecular weight is 215 g/mol. The Morgan fingerprint density at radius 3 is 2.87 bits per heavy atom. The minimum Gasteiger partial charge on any atom is -0.480 e. The summed E-state index contributed by atoms with van der Waals surface area (Å²) in [4.78, 5) is 21.8. The van der Waals surface area contributed by atoms with Crippen LogP contribution < -0.4 is 5.32 Å². The molecule has 1 fully saturated rings. The first-order valence-corrected chi connectivity index (χ1v) is 5.19. The molecule has 2 atom stereocenters. The number of nitrogens with one attached hydrogen (secondary N) is 1. The Morgan fingerprint density at radius 1 is 1.60 bits per heavy atom. The topological polar surface area (TPSA) is 75.6 Å². The zero-order valence-corrected chi connectivity index (χ0v) is 8.86. The third kappa shape index (κ3) is 4.29. The summed E-state index contributed by atoms with van der Waals surface area (Å²) in [5.41, 5.74) is 0. The van der Waals surface area contributed by atoms with Crippen molar-refractivity contribution in [1.29, 1.82) is 0 Å².